The van der Waals surface area contributed by atoms with E-state index in [4.69, 9.17) is 11.6 Å². The molecule has 1 saturated carbocycles. The van der Waals surface area contributed by atoms with E-state index in [1.807, 2.05) is 0 Å². The van der Waals surface area contributed by atoms with Crippen LogP contribution in [0.15, 0.2) is 42.5 Å². The number of urea groups is 1. The number of hydrogen-bond donors (Lipinski definition) is 3. The first-order chi connectivity index (χ1) is 11.8. The Morgan fingerprint density at radius 2 is 1.68 bits per heavy atom. The van der Waals surface area contributed by atoms with Crippen LogP contribution in [0.3, 0.4) is 0 Å². The van der Waals surface area contributed by atoms with Crippen LogP contribution in [-0.4, -0.2) is 12.1 Å². The van der Waals surface area contributed by atoms with Gasteiger partial charge in [-0.2, -0.15) is 13.2 Å². The van der Waals surface area contributed by atoms with Gasteiger partial charge in [0.15, 0.2) is 0 Å². The summed E-state index contributed by atoms with van der Waals surface area (Å²) in [4.78, 5) is 11.7. The maximum Gasteiger partial charge on any atom is 0.416 e. The van der Waals surface area contributed by atoms with E-state index in [0.717, 1.165) is 25.0 Å². The molecule has 0 radical (unpaired) electrons. The van der Waals surface area contributed by atoms with E-state index in [1.165, 1.54) is 6.07 Å². The molecule has 2 aromatic carbocycles. The fourth-order valence-corrected chi connectivity index (χ4v) is 2.33. The lowest BCUT2D eigenvalue weighted by Crippen LogP contribution is -2.30. The van der Waals surface area contributed by atoms with Crippen molar-refractivity contribution in [2.45, 2.75) is 25.1 Å². The van der Waals surface area contributed by atoms with Crippen molar-refractivity contribution < 1.29 is 18.0 Å². The first-order valence-corrected chi connectivity index (χ1v) is 8.00. The van der Waals surface area contributed by atoms with Gasteiger partial charge in [0.05, 0.1) is 16.3 Å². The second kappa shape index (κ2) is 6.84. The topological polar surface area (TPSA) is 53.2 Å². The van der Waals surface area contributed by atoms with E-state index in [9.17, 15) is 18.0 Å². The Labute approximate surface area is 147 Å². The predicted octanol–water partition coefficient (Wildman–Crippen LogP) is 5.39. The molecule has 25 heavy (non-hydrogen) atoms. The van der Waals surface area contributed by atoms with E-state index < -0.39 is 11.7 Å². The standard InChI is InChI=1S/C17H15ClF3N3O/c18-14-8-1-10(17(19,20)21)9-15(14)22-11-2-4-12(5-3-11)23-16(25)24-13-6-7-13/h1-5,8-9,13,22H,6-7H2,(H2,23,24,25). The van der Waals surface area contributed by atoms with E-state index in [2.05, 4.69) is 16.0 Å². The number of hydrogen-bond acceptors (Lipinski definition) is 2. The van der Waals surface area contributed by atoms with Crippen LogP contribution >= 0.6 is 11.6 Å². The molecule has 1 fully saturated rings. The second-order valence-electron chi connectivity index (χ2n) is 5.77. The maximum absolute atomic E-state index is 12.8. The quantitative estimate of drug-likeness (QED) is 0.677. The zero-order valence-corrected chi connectivity index (χ0v) is 13.7. The SMILES string of the molecule is O=C(Nc1ccc(Nc2cc(C(F)(F)F)ccc2Cl)cc1)NC1CC1. The van der Waals surface area contributed by atoms with Crippen molar-refractivity contribution in [1.29, 1.82) is 0 Å². The van der Waals surface area contributed by atoms with Gasteiger partial charge in [-0.3, -0.25) is 0 Å². The molecule has 0 aromatic heterocycles. The number of rotatable bonds is 4. The molecule has 0 saturated heterocycles. The number of carbonyl (C=O) groups excluding carboxylic acids is 1. The minimum Gasteiger partial charge on any atom is -0.354 e. The Morgan fingerprint density at radius 1 is 1.04 bits per heavy atom. The van der Waals surface area contributed by atoms with Crippen molar-refractivity contribution in [1.82, 2.24) is 5.32 Å². The Hall–Kier alpha value is -2.41. The third-order valence-electron chi connectivity index (χ3n) is 3.63. The molecule has 3 rings (SSSR count). The van der Waals surface area contributed by atoms with Gasteiger partial charge in [-0.25, -0.2) is 4.79 Å². The summed E-state index contributed by atoms with van der Waals surface area (Å²) in [6, 6.07) is 9.65. The summed E-state index contributed by atoms with van der Waals surface area (Å²) in [6.45, 7) is 0. The molecule has 0 spiro atoms. The van der Waals surface area contributed by atoms with Gasteiger partial charge in [-0.1, -0.05) is 11.6 Å². The summed E-state index contributed by atoms with van der Waals surface area (Å²) < 4.78 is 38.4. The molecule has 4 nitrogen and oxygen atoms in total. The third kappa shape index (κ3) is 4.79. The van der Waals surface area contributed by atoms with Crippen LogP contribution in [-0.2, 0) is 6.18 Å². The van der Waals surface area contributed by atoms with Crippen molar-refractivity contribution in [2.24, 2.45) is 0 Å². The van der Waals surface area contributed by atoms with Gasteiger partial charge in [0.2, 0.25) is 0 Å². The molecular weight excluding hydrogens is 355 g/mol. The molecular formula is C17H15ClF3N3O. The van der Waals surface area contributed by atoms with E-state index >= 15 is 0 Å². The summed E-state index contributed by atoms with van der Waals surface area (Å²) in [5.74, 6) is 0. The molecule has 1 aliphatic rings. The van der Waals surface area contributed by atoms with Crippen LogP contribution in [0.5, 0.6) is 0 Å². The van der Waals surface area contributed by atoms with E-state index in [-0.39, 0.29) is 22.8 Å². The highest BCUT2D eigenvalue weighted by atomic mass is 35.5. The van der Waals surface area contributed by atoms with Gasteiger partial charge in [0.25, 0.3) is 0 Å². The summed E-state index contributed by atoms with van der Waals surface area (Å²) in [5, 5.41) is 8.51. The highest BCUT2D eigenvalue weighted by Gasteiger charge is 2.31. The van der Waals surface area contributed by atoms with Gasteiger partial charge < -0.3 is 16.0 Å². The average molecular weight is 370 g/mol. The molecule has 2 amide bonds. The smallest absolute Gasteiger partial charge is 0.354 e. The van der Waals surface area contributed by atoms with Crippen LogP contribution in [0.25, 0.3) is 0 Å². The monoisotopic (exact) mass is 369 g/mol. The number of nitrogens with one attached hydrogen (secondary N) is 3. The Kier molecular flexibility index (Phi) is 4.76. The molecule has 3 N–H and O–H groups in total. The summed E-state index contributed by atoms with van der Waals surface area (Å²) >= 11 is 5.96. The van der Waals surface area contributed by atoms with Gasteiger partial charge >= 0.3 is 12.2 Å². The van der Waals surface area contributed by atoms with Gasteiger partial charge in [-0.05, 0) is 55.3 Å². The van der Waals surface area contributed by atoms with Crippen molar-refractivity contribution in [2.75, 3.05) is 10.6 Å². The normalized spacial score (nSPS) is 14.1. The van der Waals surface area contributed by atoms with Gasteiger partial charge in [0, 0.05) is 17.4 Å². The Balaban J connectivity index is 1.67. The zero-order valence-electron chi connectivity index (χ0n) is 13.0. The lowest BCUT2D eigenvalue weighted by Gasteiger charge is -2.13. The molecule has 2 aromatic rings. The number of alkyl halides is 3. The fourth-order valence-electron chi connectivity index (χ4n) is 2.17. The maximum atomic E-state index is 12.8. The molecule has 0 atom stereocenters. The predicted molar refractivity (Wildman–Crippen MR) is 91.4 cm³/mol. The van der Waals surface area contributed by atoms with Crippen molar-refractivity contribution in [3.8, 4) is 0 Å². The molecule has 0 aliphatic heterocycles. The molecule has 0 bridgehead atoms. The fraction of sp³-hybridized carbons (Fsp3) is 0.235. The summed E-state index contributed by atoms with van der Waals surface area (Å²) in [5.41, 5.74) is 0.506. The minimum atomic E-state index is -4.44. The minimum absolute atomic E-state index is 0.156. The lowest BCUT2D eigenvalue weighted by atomic mass is 10.2. The lowest BCUT2D eigenvalue weighted by molar-refractivity contribution is -0.137. The molecule has 0 unspecified atom stereocenters. The number of benzene rings is 2. The number of amides is 2. The third-order valence-corrected chi connectivity index (χ3v) is 3.96. The average Bonchev–Trinajstić information content (AvgIpc) is 3.34. The zero-order chi connectivity index (χ0) is 18.0. The second-order valence-corrected chi connectivity index (χ2v) is 6.17. The van der Waals surface area contributed by atoms with Crippen LogP contribution in [0.2, 0.25) is 5.02 Å². The van der Waals surface area contributed by atoms with Crippen LogP contribution < -0.4 is 16.0 Å². The largest absolute Gasteiger partial charge is 0.416 e. The van der Waals surface area contributed by atoms with Crippen molar-refractivity contribution in [3.05, 3.63) is 53.1 Å². The van der Waals surface area contributed by atoms with Crippen LogP contribution in [0.1, 0.15) is 18.4 Å². The highest BCUT2D eigenvalue weighted by Crippen LogP contribution is 2.35. The summed E-state index contributed by atoms with van der Waals surface area (Å²) in [6.07, 6.45) is -2.45. The van der Waals surface area contributed by atoms with Crippen LogP contribution in [0, 0.1) is 0 Å². The van der Waals surface area contributed by atoms with Crippen LogP contribution in [0.4, 0.5) is 35.0 Å². The molecule has 0 heterocycles. The number of carbonyl (C=O) groups is 1. The highest BCUT2D eigenvalue weighted by molar-refractivity contribution is 6.33. The first-order valence-electron chi connectivity index (χ1n) is 7.62. The van der Waals surface area contributed by atoms with Crippen molar-refractivity contribution in [3.63, 3.8) is 0 Å². The number of halogens is 4. The van der Waals surface area contributed by atoms with E-state index in [0.29, 0.717) is 11.4 Å². The van der Waals surface area contributed by atoms with Crippen molar-refractivity contribution >= 4 is 34.7 Å². The Bertz CT molecular complexity index is 774. The molecule has 1 aliphatic carbocycles. The first kappa shape index (κ1) is 17.4. The van der Waals surface area contributed by atoms with E-state index in [1.54, 1.807) is 24.3 Å². The Morgan fingerprint density at radius 3 is 2.28 bits per heavy atom. The summed E-state index contributed by atoms with van der Waals surface area (Å²) in [7, 11) is 0. The van der Waals surface area contributed by atoms with Gasteiger partial charge in [0.1, 0.15) is 0 Å². The molecule has 8 heteroatoms. The van der Waals surface area contributed by atoms with Gasteiger partial charge in [-0.15, -0.1) is 0 Å². The number of anilines is 3. The molecule has 132 valence electrons.